The van der Waals surface area contributed by atoms with E-state index in [2.05, 4.69) is 0 Å². The maximum Gasteiger partial charge on any atom is 0.269 e. The number of thiophene rings is 1. The Hall–Kier alpha value is -2.54. The lowest BCUT2D eigenvalue weighted by Gasteiger charge is -2.21. The van der Waals surface area contributed by atoms with E-state index in [0.717, 1.165) is 18.4 Å². The molecule has 1 amide bonds. The normalized spacial score (nSPS) is 13.5. The zero-order valence-electron chi connectivity index (χ0n) is 13.1. The number of nitro groups is 1. The van der Waals surface area contributed by atoms with Gasteiger partial charge in [-0.1, -0.05) is 12.1 Å². The number of benzene rings is 1. The Balaban J connectivity index is 1.82. The summed E-state index contributed by atoms with van der Waals surface area (Å²) in [5.41, 5.74) is 1.29. The van der Waals surface area contributed by atoms with Gasteiger partial charge in [0.2, 0.25) is 0 Å². The van der Waals surface area contributed by atoms with Crippen molar-refractivity contribution < 1.29 is 14.5 Å². The highest BCUT2D eigenvalue weighted by Gasteiger charge is 2.34. The summed E-state index contributed by atoms with van der Waals surface area (Å²) in [7, 11) is 0. The fourth-order valence-electron chi connectivity index (χ4n) is 2.49. The Morgan fingerprint density at radius 3 is 2.67 bits per heavy atom. The van der Waals surface area contributed by atoms with Crippen LogP contribution >= 0.6 is 11.3 Å². The molecule has 0 radical (unpaired) electrons. The molecule has 0 bridgehead atoms. The van der Waals surface area contributed by atoms with Gasteiger partial charge >= 0.3 is 0 Å². The van der Waals surface area contributed by atoms with Gasteiger partial charge in [0, 0.05) is 35.7 Å². The summed E-state index contributed by atoms with van der Waals surface area (Å²) in [6.45, 7) is 1.80. The van der Waals surface area contributed by atoms with Crippen molar-refractivity contribution in [2.24, 2.45) is 0 Å². The van der Waals surface area contributed by atoms with Gasteiger partial charge < -0.3 is 4.90 Å². The molecule has 7 heteroatoms. The zero-order chi connectivity index (χ0) is 17.3. The number of nitro benzene ring substituents is 1. The van der Waals surface area contributed by atoms with Gasteiger partial charge in [-0.25, -0.2) is 0 Å². The van der Waals surface area contributed by atoms with Gasteiger partial charge in [0.05, 0.1) is 9.80 Å². The second-order valence-corrected chi connectivity index (χ2v) is 6.76. The average Bonchev–Trinajstić information content (AvgIpc) is 3.27. The summed E-state index contributed by atoms with van der Waals surface area (Å²) in [5.74, 6) is -0.191. The van der Waals surface area contributed by atoms with Crippen molar-refractivity contribution in [2.75, 3.05) is 0 Å². The molecule has 0 spiro atoms. The molecule has 24 heavy (non-hydrogen) atoms. The highest BCUT2D eigenvalue weighted by atomic mass is 32.1. The molecule has 0 unspecified atom stereocenters. The molecule has 1 aliphatic rings. The van der Waals surface area contributed by atoms with Crippen LogP contribution in [0.15, 0.2) is 35.7 Å². The fourth-order valence-corrected chi connectivity index (χ4v) is 3.39. The van der Waals surface area contributed by atoms with Crippen molar-refractivity contribution >= 4 is 28.7 Å². The van der Waals surface area contributed by atoms with E-state index in [9.17, 15) is 19.7 Å². The maximum atomic E-state index is 12.8. The number of rotatable bonds is 6. The van der Waals surface area contributed by atoms with Crippen LogP contribution in [-0.2, 0) is 6.54 Å². The second-order valence-electron chi connectivity index (χ2n) is 5.85. The van der Waals surface area contributed by atoms with Crippen LogP contribution in [0.3, 0.4) is 0 Å². The molecule has 3 rings (SSSR count). The molecule has 1 saturated carbocycles. The van der Waals surface area contributed by atoms with E-state index in [1.807, 2.05) is 0 Å². The third kappa shape index (κ3) is 3.51. The molecular formula is C17H16N2O4S. The molecule has 2 aromatic rings. The van der Waals surface area contributed by atoms with Crippen LogP contribution in [0.5, 0.6) is 0 Å². The lowest BCUT2D eigenvalue weighted by Crippen LogP contribution is -2.32. The maximum absolute atomic E-state index is 12.8. The monoisotopic (exact) mass is 344 g/mol. The van der Waals surface area contributed by atoms with Crippen LogP contribution in [0.4, 0.5) is 5.69 Å². The SMILES string of the molecule is CC(=O)c1csc(C(=O)N(Cc2cccc([N+](=O)[O-])c2)C2CC2)c1. The predicted octanol–water partition coefficient (Wildman–Crippen LogP) is 3.66. The lowest BCUT2D eigenvalue weighted by atomic mass is 10.1. The Kier molecular flexibility index (Phi) is 4.44. The number of Topliss-reactive ketones (excluding diaryl/α,β-unsaturated/α-hetero) is 1. The van der Waals surface area contributed by atoms with Gasteiger partial charge in [-0.2, -0.15) is 0 Å². The van der Waals surface area contributed by atoms with Crippen LogP contribution in [0.1, 0.15) is 45.4 Å². The number of hydrogen-bond donors (Lipinski definition) is 0. The molecule has 1 heterocycles. The van der Waals surface area contributed by atoms with Crippen LogP contribution in [0.25, 0.3) is 0 Å². The molecule has 0 saturated heterocycles. The summed E-state index contributed by atoms with van der Waals surface area (Å²) in [6.07, 6.45) is 1.87. The van der Waals surface area contributed by atoms with E-state index in [1.165, 1.54) is 30.4 Å². The van der Waals surface area contributed by atoms with Gasteiger partial charge in [-0.3, -0.25) is 19.7 Å². The van der Waals surface area contributed by atoms with Crippen LogP contribution in [0, 0.1) is 10.1 Å². The first kappa shape index (κ1) is 16.3. The summed E-state index contributed by atoms with van der Waals surface area (Å²) < 4.78 is 0. The van der Waals surface area contributed by atoms with Crippen molar-refractivity contribution in [3.8, 4) is 0 Å². The Labute approximate surface area is 142 Å². The number of nitrogens with zero attached hydrogens (tertiary/aromatic N) is 2. The minimum atomic E-state index is -0.439. The minimum absolute atomic E-state index is 0.0192. The smallest absolute Gasteiger partial charge is 0.269 e. The van der Waals surface area contributed by atoms with E-state index in [-0.39, 0.29) is 23.4 Å². The highest BCUT2D eigenvalue weighted by molar-refractivity contribution is 7.12. The first-order valence-corrected chi connectivity index (χ1v) is 8.47. The Morgan fingerprint density at radius 1 is 1.33 bits per heavy atom. The standard InChI is InChI=1S/C17H16N2O4S/c1-11(20)13-8-16(24-10-13)17(21)18(14-5-6-14)9-12-3-2-4-15(7-12)19(22)23/h2-4,7-8,10,14H,5-6,9H2,1H3. The summed E-state index contributed by atoms with van der Waals surface area (Å²) in [6, 6.07) is 8.13. The molecule has 124 valence electrons. The first-order chi connectivity index (χ1) is 11.5. The quantitative estimate of drug-likeness (QED) is 0.455. The zero-order valence-corrected chi connectivity index (χ0v) is 13.9. The van der Waals surface area contributed by atoms with Crippen molar-refractivity contribution in [2.45, 2.75) is 32.4 Å². The van der Waals surface area contributed by atoms with Gasteiger partial charge in [-0.05, 0) is 31.4 Å². The minimum Gasteiger partial charge on any atom is -0.331 e. The van der Waals surface area contributed by atoms with E-state index >= 15 is 0 Å². The van der Waals surface area contributed by atoms with Gasteiger partial charge in [0.15, 0.2) is 5.78 Å². The third-order valence-corrected chi connectivity index (χ3v) is 4.86. The largest absolute Gasteiger partial charge is 0.331 e. The first-order valence-electron chi connectivity index (χ1n) is 7.59. The molecule has 0 atom stereocenters. The predicted molar refractivity (Wildman–Crippen MR) is 90.3 cm³/mol. The summed E-state index contributed by atoms with van der Waals surface area (Å²) >= 11 is 1.26. The third-order valence-electron chi connectivity index (χ3n) is 3.94. The average molecular weight is 344 g/mol. The number of hydrogen-bond acceptors (Lipinski definition) is 5. The number of carbonyl (C=O) groups excluding carboxylic acids is 2. The molecule has 0 aliphatic heterocycles. The van der Waals surface area contributed by atoms with Gasteiger partial charge in [0.25, 0.3) is 11.6 Å². The molecule has 1 aromatic heterocycles. The van der Waals surface area contributed by atoms with Crippen molar-refractivity contribution in [3.63, 3.8) is 0 Å². The van der Waals surface area contributed by atoms with Crippen LogP contribution < -0.4 is 0 Å². The van der Waals surface area contributed by atoms with E-state index < -0.39 is 4.92 Å². The number of non-ortho nitro benzene ring substituents is 1. The highest BCUT2D eigenvalue weighted by Crippen LogP contribution is 2.31. The molecule has 6 nitrogen and oxygen atoms in total. The van der Waals surface area contributed by atoms with E-state index in [4.69, 9.17) is 0 Å². The van der Waals surface area contributed by atoms with Crippen molar-refractivity contribution in [3.05, 3.63) is 61.8 Å². The summed E-state index contributed by atoms with van der Waals surface area (Å²) in [4.78, 5) is 36.9. The lowest BCUT2D eigenvalue weighted by molar-refractivity contribution is -0.384. The number of carbonyl (C=O) groups is 2. The van der Waals surface area contributed by atoms with E-state index in [0.29, 0.717) is 17.0 Å². The number of ketones is 1. The number of amides is 1. The molecular weight excluding hydrogens is 328 g/mol. The van der Waals surface area contributed by atoms with Gasteiger partial charge in [0.1, 0.15) is 0 Å². The second kappa shape index (κ2) is 6.52. The molecule has 1 aromatic carbocycles. The van der Waals surface area contributed by atoms with Crippen molar-refractivity contribution in [1.82, 2.24) is 4.90 Å². The van der Waals surface area contributed by atoms with Gasteiger partial charge in [-0.15, -0.1) is 11.3 Å². The molecule has 1 aliphatic carbocycles. The van der Waals surface area contributed by atoms with E-state index in [1.54, 1.807) is 28.5 Å². The topological polar surface area (TPSA) is 80.5 Å². The van der Waals surface area contributed by atoms with Crippen molar-refractivity contribution in [1.29, 1.82) is 0 Å². The summed E-state index contributed by atoms with van der Waals surface area (Å²) in [5, 5.41) is 12.6. The molecule has 1 fully saturated rings. The fraction of sp³-hybridized carbons (Fsp3) is 0.294. The van der Waals surface area contributed by atoms with Crippen LogP contribution in [0.2, 0.25) is 0 Å². The Bertz CT molecular complexity index is 810. The molecule has 0 N–H and O–H groups in total. The van der Waals surface area contributed by atoms with Crippen LogP contribution in [-0.4, -0.2) is 27.6 Å². The Morgan fingerprint density at radius 2 is 2.08 bits per heavy atom.